The number of nitrogens with one attached hydrogen (secondary N) is 1. The van der Waals surface area contributed by atoms with Gasteiger partial charge in [0, 0.05) is 0 Å². The molecule has 0 spiro atoms. The van der Waals surface area contributed by atoms with Crippen molar-refractivity contribution in [1.29, 1.82) is 0 Å². The van der Waals surface area contributed by atoms with E-state index >= 15 is 0 Å². The van der Waals surface area contributed by atoms with Gasteiger partial charge in [-0.3, -0.25) is 4.79 Å². The lowest BCUT2D eigenvalue weighted by Crippen LogP contribution is -2.20. The van der Waals surface area contributed by atoms with E-state index in [2.05, 4.69) is 21.0 Å². The lowest BCUT2D eigenvalue weighted by Gasteiger charge is -2.10. The van der Waals surface area contributed by atoms with E-state index in [9.17, 15) is 4.79 Å². The predicted octanol–water partition coefficient (Wildman–Crippen LogP) is 3.58. The van der Waals surface area contributed by atoms with Crippen LogP contribution >= 0.6 is 11.7 Å². The lowest BCUT2D eigenvalue weighted by atomic mass is 10.1. The molecule has 0 saturated heterocycles. The molecular formula is C17H17N3O2S. The van der Waals surface area contributed by atoms with Gasteiger partial charge in [0.2, 0.25) is 0 Å². The van der Waals surface area contributed by atoms with E-state index in [4.69, 9.17) is 4.74 Å². The first-order valence-corrected chi connectivity index (χ1v) is 8.14. The van der Waals surface area contributed by atoms with Crippen LogP contribution in [0.4, 0.5) is 5.69 Å². The highest BCUT2D eigenvalue weighted by Crippen LogP contribution is 2.25. The number of benzene rings is 2. The van der Waals surface area contributed by atoms with Crippen LogP contribution in [0.25, 0.3) is 11.0 Å². The summed E-state index contributed by atoms with van der Waals surface area (Å²) in [6.45, 7) is 3.98. The van der Waals surface area contributed by atoms with E-state index in [1.54, 1.807) is 0 Å². The Kier molecular flexibility index (Phi) is 4.52. The average Bonchev–Trinajstić information content (AvgIpc) is 3.05. The molecule has 6 heteroatoms. The molecule has 1 amide bonds. The summed E-state index contributed by atoms with van der Waals surface area (Å²) in [4.78, 5) is 12.1. The van der Waals surface area contributed by atoms with Gasteiger partial charge in [0.25, 0.3) is 5.91 Å². The predicted molar refractivity (Wildman–Crippen MR) is 92.1 cm³/mol. The number of fused-ring (bicyclic) bond motifs is 1. The molecule has 0 aliphatic carbocycles. The van der Waals surface area contributed by atoms with E-state index in [1.807, 2.05) is 43.3 Å². The first-order chi connectivity index (χ1) is 11.2. The van der Waals surface area contributed by atoms with Gasteiger partial charge in [0.1, 0.15) is 16.8 Å². The number of carbonyl (C=O) groups excluding carboxylic acids is 1. The summed E-state index contributed by atoms with van der Waals surface area (Å²) in [5.74, 6) is 0.468. The third-order valence-electron chi connectivity index (χ3n) is 3.60. The molecule has 0 fully saturated rings. The fourth-order valence-electron chi connectivity index (χ4n) is 2.26. The van der Waals surface area contributed by atoms with Crippen LogP contribution in [0.3, 0.4) is 0 Å². The number of hydrogen-bond acceptors (Lipinski definition) is 5. The van der Waals surface area contributed by atoms with Crippen LogP contribution in [0, 0.1) is 6.92 Å². The van der Waals surface area contributed by atoms with Gasteiger partial charge in [0.15, 0.2) is 6.61 Å². The molecule has 0 saturated carbocycles. The van der Waals surface area contributed by atoms with Crippen molar-refractivity contribution in [2.45, 2.75) is 20.3 Å². The maximum Gasteiger partial charge on any atom is 0.262 e. The molecule has 3 aromatic rings. The molecule has 0 aliphatic rings. The van der Waals surface area contributed by atoms with Crippen LogP contribution in [0.15, 0.2) is 36.4 Å². The summed E-state index contributed by atoms with van der Waals surface area (Å²) in [5, 5.41) is 2.87. The Morgan fingerprint density at radius 2 is 1.96 bits per heavy atom. The second kappa shape index (κ2) is 6.75. The Balaban J connectivity index is 1.66. The molecule has 0 unspecified atom stereocenters. The van der Waals surface area contributed by atoms with Crippen molar-refractivity contribution in [2.24, 2.45) is 0 Å². The van der Waals surface area contributed by atoms with Crippen LogP contribution in [-0.4, -0.2) is 21.3 Å². The van der Waals surface area contributed by atoms with E-state index in [0.717, 1.165) is 34.7 Å². The number of hydrogen-bond donors (Lipinski definition) is 1. The topological polar surface area (TPSA) is 64.1 Å². The molecule has 1 heterocycles. The first-order valence-electron chi connectivity index (χ1n) is 7.41. The van der Waals surface area contributed by atoms with Gasteiger partial charge in [-0.25, -0.2) is 0 Å². The van der Waals surface area contributed by atoms with Crippen LogP contribution < -0.4 is 10.1 Å². The minimum Gasteiger partial charge on any atom is -0.484 e. The zero-order valence-electron chi connectivity index (χ0n) is 13.0. The van der Waals surface area contributed by atoms with Crippen molar-refractivity contribution in [3.05, 3.63) is 47.5 Å². The molecule has 3 rings (SSSR count). The zero-order chi connectivity index (χ0) is 16.2. The van der Waals surface area contributed by atoms with E-state index < -0.39 is 0 Å². The second-order valence-electron chi connectivity index (χ2n) is 5.22. The van der Waals surface area contributed by atoms with Crippen LogP contribution in [0.1, 0.15) is 18.1 Å². The number of aromatic nitrogens is 2. The first kappa shape index (κ1) is 15.4. The molecule has 0 aliphatic heterocycles. The summed E-state index contributed by atoms with van der Waals surface area (Å²) < 4.78 is 14.0. The van der Waals surface area contributed by atoms with Gasteiger partial charge in [-0.2, -0.15) is 8.75 Å². The van der Waals surface area contributed by atoms with Gasteiger partial charge in [-0.15, -0.1) is 0 Å². The SMILES string of the molecule is CCc1ccc(OCC(=O)Nc2c(C)ccc3nsnc23)cc1. The van der Waals surface area contributed by atoms with E-state index in [-0.39, 0.29) is 12.5 Å². The van der Waals surface area contributed by atoms with Crippen molar-refractivity contribution in [2.75, 3.05) is 11.9 Å². The van der Waals surface area contributed by atoms with Crippen LogP contribution in [-0.2, 0) is 11.2 Å². The number of nitrogens with zero attached hydrogens (tertiary/aromatic N) is 2. The van der Waals surface area contributed by atoms with Crippen molar-refractivity contribution in [1.82, 2.24) is 8.75 Å². The number of ether oxygens (including phenoxy) is 1. The van der Waals surface area contributed by atoms with Gasteiger partial charge in [-0.05, 0) is 42.7 Å². The fraction of sp³-hybridized carbons (Fsp3) is 0.235. The van der Waals surface area contributed by atoms with Crippen LogP contribution in [0.5, 0.6) is 5.75 Å². The Labute approximate surface area is 138 Å². The molecule has 0 radical (unpaired) electrons. The monoisotopic (exact) mass is 327 g/mol. The van der Waals surface area contributed by atoms with Gasteiger partial charge < -0.3 is 10.1 Å². The Morgan fingerprint density at radius 1 is 1.17 bits per heavy atom. The van der Waals surface area contributed by atoms with E-state index in [0.29, 0.717) is 11.4 Å². The largest absolute Gasteiger partial charge is 0.484 e. The van der Waals surface area contributed by atoms with Crippen molar-refractivity contribution in [3.8, 4) is 5.75 Å². The number of anilines is 1. The summed E-state index contributed by atoms with van der Waals surface area (Å²) in [6.07, 6.45) is 0.978. The Bertz CT molecular complexity index is 827. The minimum atomic E-state index is -0.215. The highest BCUT2D eigenvalue weighted by Gasteiger charge is 2.12. The standard InChI is InChI=1S/C17H17N3O2S/c1-3-12-5-7-13(8-6-12)22-10-15(21)18-16-11(2)4-9-14-17(16)20-23-19-14/h4-9H,3,10H2,1-2H3,(H,18,21). The number of carbonyl (C=O) groups is 1. The summed E-state index contributed by atoms with van der Waals surface area (Å²) in [7, 11) is 0. The Morgan fingerprint density at radius 3 is 2.70 bits per heavy atom. The molecular weight excluding hydrogens is 310 g/mol. The van der Waals surface area contributed by atoms with Crippen molar-refractivity contribution >= 4 is 34.4 Å². The molecule has 118 valence electrons. The second-order valence-corrected chi connectivity index (χ2v) is 5.75. The quantitative estimate of drug-likeness (QED) is 0.778. The highest BCUT2D eigenvalue weighted by atomic mass is 32.1. The van der Waals surface area contributed by atoms with Gasteiger partial charge in [-0.1, -0.05) is 25.1 Å². The third-order valence-corrected chi connectivity index (χ3v) is 4.14. The Hall–Kier alpha value is -2.47. The van der Waals surface area contributed by atoms with Gasteiger partial charge >= 0.3 is 0 Å². The van der Waals surface area contributed by atoms with Gasteiger partial charge in [0.05, 0.1) is 17.4 Å². The summed E-state index contributed by atoms with van der Waals surface area (Å²) in [5.41, 5.74) is 4.39. The van der Waals surface area contributed by atoms with Crippen molar-refractivity contribution < 1.29 is 9.53 Å². The number of aryl methyl sites for hydroxylation is 2. The summed E-state index contributed by atoms with van der Waals surface area (Å²) >= 11 is 1.13. The molecule has 1 aromatic heterocycles. The minimum absolute atomic E-state index is 0.0428. The van der Waals surface area contributed by atoms with Crippen molar-refractivity contribution in [3.63, 3.8) is 0 Å². The summed E-state index contributed by atoms with van der Waals surface area (Å²) in [6, 6.07) is 11.6. The molecule has 23 heavy (non-hydrogen) atoms. The molecule has 5 nitrogen and oxygen atoms in total. The molecule has 1 N–H and O–H groups in total. The number of amides is 1. The zero-order valence-corrected chi connectivity index (χ0v) is 13.8. The fourth-order valence-corrected chi connectivity index (χ4v) is 2.80. The third kappa shape index (κ3) is 3.48. The average molecular weight is 327 g/mol. The van der Waals surface area contributed by atoms with E-state index in [1.165, 1.54) is 5.56 Å². The highest BCUT2D eigenvalue weighted by molar-refractivity contribution is 7.00. The van der Waals surface area contributed by atoms with Crippen LogP contribution in [0.2, 0.25) is 0 Å². The molecule has 0 atom stereocenters. The maximum absolute atomic E-state index is 12.1. The number of rotatable bonds is 5. The smallest absolute Gasteiger partial charge is 0.262 e. The molecule has 0 bridgehead atoms. The maximum atomic E-state index is 12.1. The lowest BCUT2D eigenvalue weighted by molar-refractivity contribution is -0.118. The normalized spacial score (nSPS) is 10.7. The molecule has 2 aromatic carbocycles.